The Morgan fingerprint density at radius 1 is 1.03 bits per heavy atom. The summed E-state index contributed by atoms with van der Waals surface area (Å²) in [4.78, 5) is 32.4. The molecule has 0 aliphatic carbocycles. The molecule has 1 aromatic carbocycles. The predicted molar refractivity (Wildman–Crippen MR) is 149 cm³/mol. The van der Waals surface area contributed by atoms with E-state index >= 15 is 0 Å². The Bertz CT molecular complexity index is 802. The maximum Gasteiger partial charge on any atom is 0.225 e. The zero-order valence-electron chi connectivity index (χ0n) is 23.2. The van der Waals surface area contributed by atoms with Crippen molar-refractivity contribution < 1.29 is 14.3 Å². The number of carbonyl (C=O) groups is 2. The monoisotopic (exact) mass is 499 g/mol. The van der Waals surface area contributed by atoms with Gasteiger partial charge in [0.15, 0.2) is 0 Å². The molecule has 2 rings (SSSR count). The molecule has 1 saturated heterocycles. The van der Waals surface area contributed by atoms with Crippen molar-refractivity contribution in [3.05, 3.63) is 35.9 Å². The number of nitrogens with zero attached hydrogens (tertiary/aromatic N) is 3. The first kappa shape index (κ1) is 29.9. The Morgan fingerprint density at radius 2 is 1.75 bits per heavy atom. The lowest BCUT2D eigenvalue weighted by Gasteiger charge is -2.37. The second-order valence-electron chi connectivity index (χ2n) is 9.86. The van der Waals surface area contributed by atoms with Gasteiger partial charge >= 0.3 is 0 Å². The molecule has 1 aliphatic heterocycles. The third-order valence-corrected chi connectivity index (χ3v) is 7.23. The van der Waals surface area contributed by atoms with Crippen molar-refractivity contribution >= 4 is 17.9 Å². The zero-order valence-corrected chi connectivity index (χ0v) is 23.2. The fourth-order valence-corrected chi connectivity index (χ4v) is 4.78. The van der Waals surface area contributed by atoms with E-state index in [1.54, 1.807) is 7.11 Å². The van der Waals surface area contributed by atoms with Crippen LogP contribution in [0.2, 0.25) is 0 Å². The van der Waals surface area contributed by atoms with Crippen molar-refractivity contribution in [1.29, 1.82) is 0 Å². The number of benzene rings is 1. The lowest BCUT2D eigenvalue weighted by Crippen LogP contribution is -2.51. The smallest absolute Gasteiger partial charge is 0.225 e. The summed E-state index contributed by atoms with van der Waals surface area (Å²) in [5.74, 6) is 1.56. The maximum absolute atomic E-state index is 13.0. The third kappa shape index (κ3) is 9.96. The number of rotatable bonds is 16. The van der Waals surface area contributed by atoms with Crippen LogP contribution in [0, 0.1) is 5.92 Å². The molecular weight excluding hydrogens is 450 g/mol. The molecule has 2 amide bonds. The highest BCUT2D eigenvalue weighted by molar-refractivity contribution is 5.79. The van der Waals surface area contributed by atoms with Crippen molar-refractivity contribution in [2.75, 3.05) is 52.9 Å². The Hall–Kier alpha value is -2.34. The van der Waals surface area contributed by atoms with Crippen LogP contribution in [-0.2, 0) is 9.59 Å². The molecule has 0 radical (unpaired) electrons. The molecule has 6 nitrogen and oxygen atoms in total. The molecule has 0 saturated carbocycles. The van der Waals surface area contributed by atoms with Gasteiger partial charge in [-0.25, -0.2) is 0 Å². The molecule has 0 aromatic heterocycles. The van der Waals surface area contributed by atoms with Crippen LogP contribution in [0.1, 0.15) is 77.7 Å². The van der Waals surface area contributed by atoms with E-state index < -0.39 is 0 Å². The number of amides is 2. The standard InChI is InChI=1S/C30H49N3O3/c1-5-8-10-18-29(34)32(19-13-16-27-15-11-12-17-28(27)36-4)23-20-31-21-24-33(25-22-31)30(35)26(7-3)14-9-6-2/h11-13,15-17,26H,5-10,14,18-25H2,1-4H3/b16-13+. The highest BCUT2D eigenvalue weighted by Gasteiger charge is 2.26. The minimum Gasteiger partial charge on any atom is -0.496 e. The number of carbonyl (C=O) groups excluding carboxylic acids is 2. The number of hydrogen-bond donors (Lipinski definition) is 0. The molecule has 1 unspecified atom stereocenters. The van der Waals surface area contributed by atoms with Gasteiger partial charge in [0.1, 0.15) is 5.75 Å². The minimum atomic E-state index is 0.169. The first-order valence-corrected chi connectivity index (χ1v) is 14.1. The Kier molecular flexibility index (Phi) is 14.3. The Labute approximate surface area is 219 Å². The molecule has 1 aliphatic rings. The number of ether oxygens (including phenoxy) is 1. The van der Waals surface area contributed by atoms with E-state index in [0.717, 1.165) is 89.0 Å². The van der Waals surface area contributed by atoms with Gasteiger partial charge in [-0.15, -0.1) is 0 Å². The average Bonchev–Trinajstić information content (AvgIpc) is 2.91. The van der Waals surface area contributed by atoms with Gasteiger partial charge in [0.05, 0.1) is 7.11 Å². The van der Waals surface area contributed by atoms with Gasteiger partial charge in [0.2, 0.25) is 11.8 Å². The van der Waals surface area contributed by atoms with Gasteiger partial charge in [-0.3, -0.25) is 14.5 Å². The van der Waals surface area contributed by atoms with E-state index in [9.17, 15) is 9.59 Å². The second-order valence-corrected chi connectivity index (χ2v) is 9.86. The largest absolute Gasteiger partial charge is 0.496 e. The molecule has 1 aromatic rings. The van der Waals surface area contributed by atoms with E-state index in [1.165, 1.54) is 0 Å². The first-order chi connectivity index (χ1) is 17.5. The second kappa shape index (κ2) is 17.2. The Morgan fingerprint density at radius 3 is 2.42 bits per heavy atom. The molecular formula is C30H49N3O3. The average molecular weight is 500 g/mol. The summed E-state index contributed by atoms with van der Waals surface area (Å²) in [6, 6.07) is 7.92. The summed E-state index contributed by atoms with van der Waals surface area (Å²) in [7, 11) is 1.68. The van der Waals surface area contributed by atoms with Gasteiger partial charge in [0.25, 0.3) is 0 Å². The molecule has 0 spiro atoms. The lowest BCUT2D eigenvalue weighted by atomic mass is 9.97. The third-order valence-electron chi connectivity index (χ3n) is 7.23. The van der Waals surface area contributed by atoms with Gasteiger partial charge in [0, 0.05) is 63.7 Å². The topological polar surface area (TPSA) is 53.1 Å². The summed E-state index contributed by atoms with van der Waals surface area (Å²) in [6.07, 6.45) is 12.0. The molecule has 0 bridgehead atoms. The summed E-state index contributed by atoms with van der Waals surface area (Å²) >= 11 is 0. The van der Waals surface area contributed by atoms with Crippen LogP contribution >= 0.6 is 0 Å². The molecule has 1 atom stereocenters. The fraction of sp³-hybridized carbons (Fsp3) is 0.667. The van der Waals surface area contributed by atoms with Gasteiger partial charge < -0.3 is 14.5 Å². The molecule has 1 fully saturated rings. The summed E-state index contributed by atoms with van der Waals surface area (Å²) in [6.45, 7) is 12.0. The molecule has 0 N–H and O–H groups in total. The van der Waals surface area contributed by atoms with Gasteiger partial charge in [-0.05, 0) is 25.3 Å². The molecule has 202 valence electrons. The van der Waals surface area contributed by atoms with E-state index in [0.29, 0.717) is 25.4 Å². The highest BCUT2D eigenvalue weighted by atomic mass is 16.5. The lowest BCUT2D eigenvalue weighted by molar-refractivity contribution is -0.137. The van der Waals surface area contributed by atoms with Crippen LogP contribution in [0.3, 0.4) is 0 Å². The number of unbranched alkanes of at least 4 members (excludes halogenated alkanes) is 3. The fourth-order valence-electron chi connectivity index (χ4n) is 4.78. The quantitative estimate of drug-likeness (QED) is 0.283. The van der Waals surface area contributed by atoms with Crippen LogP contribution in [0.25, 0.3) is 6.08 Å². The van der Waals surface area contributed by atoms with E-state index in [4.69, 9.17) is 4.74 Å². The van der Waals surface area contributed by atoms with Crippen LogP contribution in [0.15, 0.2) is 30.3 Å². The SMILES string of the molecule is CCCCCC(=O)N(C/C=C/c1ccccc1OC)CCN1CCN(C(=O)C(CC)CCCC)CC1. The number of para-hydroxylation sites is 1. The van der Waals surface area contributed by atoms with E-state index in [-0.39, 0.29) is 11.8 Å². The first-order valence-electron chi connectivity index (χ1n) is 14.1. The molecule has 6 heteroatoms. The van der Waals surface area contributed by atoms with E-state index in [1.807, 2.05) is 35.2 Å². The normalized spacial score (nSPS) is 15.3. The summed E-state index contributed by atoms with van der Waals surface area (Å²) in [5, 5.41) is 0. The molecule has 1 heterocycles. The number of hydrogen-bond acceptors (Lipinski definition) is 4. The predicted octanol–water partition coefficient (Wildman–Crippen LogP) is 5.48. The molecule has 36 heavy (non-hydrogen) atoms. The maximum atomic E-state index is 13.0. The van der Waals surface area contributed by atoms with Crippen molar-refractivity contribution in [2.24, 2.45) is 5.92 Å². The zero-order chi connectivity index (χ0) is 26.2. The van der Waals surface area contributed by atoms with Gasteiger partial charge in [-0.1, -0.05) is 76.8 Å². The van der Waals surface area contributed by atoms with Crippen LogP contribution in [0.4, 0.5) is 0 Å². The number of piperazine rings is 1. The van der Waals surface area contributed by atoms with Crippen LogP contribution < -0.4 is 4.74 Å². The highest BCUT2D eigenvalue weighted by Crippen LogP contribution is 2.19. The van der Waals surface area contributed by atoms with Crippen LogP contribution in [0.5, 0.6) is 5.75 Å². The number of methoxy groups -OCH3 is 1. The minimum absolute atomic E-state index is 0.169. The van der Waals surface area contributed by atoms with Gasteiger partial charge in [-0.2, -0.15) is 0 Å². The van der Waals surface area contributed by atoms with Crippen LogP contribution in [-0.4, -0.2) is 79.4 Å². The Balaban J connectivity index is 1.90. The summed E-state index contributed by atoms with van der Waals surface area (Å²) in [5.41, 5.74) is 1.02. The van der Waals surface area contributed by atoms with Crippen molar-refractivity contribution in [1.82, 2.24) is 14.7 Å². The van der Waals surface area contributed by atoms with Crippen molar-refractivity contribution in [2.45, 2.75) is 72.1 Å². The van der Waals surface area contributed by atoms with E-state index in [2.05, 4.69) is 36.6 Å². The van der Waals surface area contributed by atoms with Crippen molar-refractivity contribution in [3.63, 3.8) is 0 Å². The summed E-state index contributed by atoms with van der Waals surface area (Å²) < 4.78 is 5.44. The van der Waals surface area contributed by atoms with Crippen molar-refractivity contribution in [3.8, 4) is 5.75 Å².